The zero-order chi connectivity index (χ0) is 12.4. The fourth-order valence-electron chi connectivity index (χ4n) is 1.32. The third-order valence-corrected chi connectivity index (χ3v) is 7.84. The Labute approximate surface area is 133 Å². The van der Waals surface area contributed by atoms with Gasteiger partial charge in [-0.2, -0.15) is 0 Å². The van der Waals surface area contributed by atoms with Crippen LogP contribution < -0.4 is 24.8 Å². The summed E-state index contributed by atoms with van der Waals surface area (Å²) < 4.78 is 8.81. The van der Waals surface area contributed by atoms with Crippen LogP contribution in [0.25, 0.3) is 0 Å². The van der Waals surface area contributed by atoms with Crippen molar-refractivity contribution in [2.75, 3.05) is 6.61 Å². The van der Waals surface area contributed by atoms with E-state index in [-0.39, 0.29) is 24.8 Å². The second-order valence-electron chi connectivity index (χ2n) is 3.51. The van der Waals surface area contributed by atoms with E-state index in [0.717, 1.165) is 6.61 Å². The van der Waals surface area contributed by atoms with Crippen molar-refractivity contribution < 1.29 is 49.8 Å². The fraction of sp³-hybridized carbons (Fsp3) is 0.429. The minimum atomic E-state index is -1.97. The number of rotatable bonds is 6. The van der Waals surface area contributed by atoms with Crippen molar-refractivity contribution >= 4 is 0 Å². The predicted octanol–water partition coefficient (Wildman–Crippen LogP) is -1.48. The molecular weight excluding hydrogens is 346 g/mol. The molecule has 4 heteroatoms. The van der Waals surface area contributed by atoms with Gasteiger partial charge in [-0.3, -0.25) is 0 Å². The normalized spacial score (nSPS) is 12.5. The summed E-state index contributed by atoms with van der Waals surface area (Å²) in [7, 11) is 0. The fourth-order valence-corrected chi connectivity index (χ4v) is 5.89. The Balaban J connectivity index is -0.00000112. The largest absolute Gasteiger partial charge is 1.00 e. The van der Waals surface area contributed by atoms with E-state index in [0.29, 0.717) is 0 Å². The zero-order valence-electron chi connectivity index (χ0n) is 11.8. The van der Waals surface area contributed by atoms with Gasteiger partial charge in [-0.15, -0.1) is 0 Å². The molecule has 0 aliphatic rings. The summed E-state index contributed by atoms with van der Waals surface area (Å²) in [6.07, 6.45) is 12.7. The van der Waals surface area contributed by atoms with Gasteiger partial charge >= 0.3 is 109 Å². The monoisotopic (exact) mass is 367 g/mol. The Kier molecular flexibility index (Phi) is 20.1. The molecule has 0 saturated carbocycles. The van der Waals surface area contributed by atoms with Crippen molar-refractivity contribution in [1.82, 2.24) is 0 Å². The molecule has 0 aromatic rings. The van der Waals surface area contributed by atoms with Crippen LogP contribution >= 0.6 is 0 Å². The summed E-state index contributed by atoms with van der Waals surface area (Å²) >= 11 is -1.97. The molecule has 0 heterocycles. The molecule has 103 valence electrons. The molecule has 0 rings (SSSR count). The molecule has 0 saturated heterocycles. The molecule has 0 aromatic carbocycles. The number of hydrogen-bond acceptors (Lipinski definition) is 1. The van der Waals surface area contributed by atoms with Gasteiger partial charge in [0.25, 0.3) is 0 Å². The number of hydrogen-bond donors (Lipinski definition) is 0. The average molecular weight is 369 g/mol. The van der Waals surface area contributed by atoms with Gasteiger partial charge in [-0.1, -0.05) is 0 Å². The second-order valence-corrected chi connectivity index (χ2v) is 9.72. The SMILES string of the molecule is CC=CC=[C](C)[Zr+2]([O]CC)[C](C)=CC=CC.[Cl-].[Cl-]. The van der Waals surface area contributed by atoms with Crippen LogP contribution in [0.3, 0.4) is 0 Å². The summed E-state index contributed by atoms with van der Waals surface area (Å²) in [5, 5.41) is 0. The number of halogens is 2. The van der Waals surface area contributed by atoms with Crippen molar-refractivity contribution in [1.29, 1.82) is 0 Å². The molecule has 0 unspecified atom stereocenters. The summed E-state index contributed by atoms with van der Waals surface area (Å²) in [6, 6.07) is 0. The minimum absolute atomic E-state index is 0. The van der Waals surface area contributed by atoms with Gasteiger partial charge < -0.3 is 24.8 Å². The molecule has 0 atom stereocenters. The first-order valence-corrected chi connectivity index (χ1v) is 9.23. The molecule has 0 spiro atoms. The summed E-state index contributed by atoms with van der Waals surface area (Å²) in [6.45, 7) is 11.4. The molecule has 0 amide bonds. The van der Waals surface area contributed by atoms with Gasteiger partial charge in [0.05, 0.1) is 0 Å². The van der Waals surface area contributed by atoms with Gasteiger partial charge in [0.15, 0.2) is 0 Å². The van der Waals surface area contributed by atoms with E-state index < -0.39 is 22.2 Å². The molecule has 0 N–H and O–H groups in total. The summed E-state index contributed by atoms with van der Waals surface area (Å²) in [4.78, 5) is 0. The van der Waals surface area contributed by atoms with Crippen LogP contribution in [0.15, 0.2) is 43.0 Å². The van der Waals surface area contributed by atoms with Crippen molar-refractivity contribution in [3.05, 3.63) is 43.0 Å². The maximum Gasteiger partial charge on any atom is -1.00 e. The van der Waals surface area contributed by atoms with Gasteiger partial charge in [0.2, 0.25) is 0 Å². The van der Waals surface area contributed by atoms with Crippen LogP contribution in [-0.4, -0.2) is 6.61 Å². The molecule has 0 bridgehead atoms. The van der Waals surface area contributed by atoms with E-state index in [1.54, 1.807) is 0 Å². The van der Waals surface area contributed by atoms with E-state index in [1.807, 2.05) is 13.8 Å². The van der Waals surface area contributed by atoms with Crippen molar-refractivity contribution in [2.24, 2.45) is 0 Å². The Morgan fingerprint density at radius 3 is 1.61 bits per heavy atom. The maximum atomic E-state index is 5.95. The minimum Gasteiger partial charge on any atom is -1.00 e. The topological polar surface area (TPSA) is 9.23 Å². The maximum absolute atomic E-state index is 5.95. The van der Waals surface area contributed by atoms with Gasteiger partial charge in [0.1, 0.15) is 0 Å². The summed E-state index contributed by atoms with van der Waals surface area (Å²) in [5.41, 5.74) is 0. The van der Waals surface area contributed by atoms with E-state index in [1.165, 1.54) is 6.56 Å². The van der Waals surface area contributed by atoms with E-state index in [9.17, 15) is 0 Å². The van der Waals surface area contributed by atoms with E-state index >= 15 is 0 Å². The summed E-state index contributed by atoms with van der Waals surface area (Å²) in [5.74, 6) is 0. The van der Waals surface area contributed by atoms with E-state index in [2.05, 4.69) is 57.2 Å². The van der Waals surface area contributed by atoms with Crippen LogP contribution in [-0.2, 0) is 25.0 Å². The molecule has 1 nitrogen and oxygen atoms in total. The smallest absolute Gasteiger partial charge is 1.00 e. The molecule has 0 aliphatic carbocycles. The first kappa shape index (κ1) is 23.5. The van der Waals surface area contributed by atoms with Crippen LogP contribution in [0.2, 0.25) is 0 Å². The molecular formula is C14H23Cl2OZr. The van der Waals surface area contributed by atoms with Crippen molar-refractivity contribution in [3.8, 4) is 0 Å². The van der Waals surface area contributed by atoms with Crippen molar-refractivity contribution in [3.63, 3.8) is 0 Å². The van der Waals surface area contributed by atoms with Crippen LogP contribution in [0.4, 0.5) is 0 Å². The van der Waals surface area contributed by atoms with Gasteiger partial charge in [-0.05, 0) is 0 Å². The number of allylic oxidation sites excluding steroid dienone is 8. The average Bonchev–Trinajstić information content (AvgIpc) is 2.29. The Morgan fingerprint density at radius 2 is 1.33 bits per heavy atom. The Bertz CT molecular complexity index is 279. The first-order valence-electron chi connectivity index (χ1n) is 5.77. The Morgan fingerprint density at radius 1 is 0.944 bits per heavy atom. The quantitative estimate of drug-likeness (QED) is 0.519. The van der Waals surface area contributed by atoms with E-state index in [4.69, 9.17) is 2.81 Å². The molecule has 0 aliphatic heterocycles. The van der Waals surface area contributed by atoms with Gasteiger partial charge in [-0.25, -0.2) is 0 Å². The standard InChI is InChI=1S/2C6H9.C2H5O.2ClH.Zr/c2*1-3-5-6-4-2;1-2-3;;;/h2*3,5-6H,1-2H3;2H2,1H3;2*1H;/q;;-1;;;+3/p-2. The first-order chi connectivity index (χ1) is 7.67. The third kappa shape index (κ3) is 10.3. The molecule has 0 aromatic heterocycles. The second kappa shape index (κ2) is 15.4. The molecule has 18 heavy (non-hydrogen) atoms. The Hall–Kier alpha value is 0.383. The van der Waals surface area contributed by atoms with Crippen LogP contribution in [0.1, 0.15) is 34.6 Å². The predicted molar refractivity (Wildman–Crippen MR) is 68.8 cm³/mol. The van der Waals surface area contributed by atoms with Crippen molar-refractivity contribution in [2.45, 2.75) is 34.6 Å². The zero-order valence-corrected chi connectivity index (χ0v) is 15.8. The molecule has 0 fully saturated rings. The third-order valence-electron chi connectivity index (χ3n) is 2.08. The molecule has 0 radical (unpaired) electrons. The van der Waals surface area contributed by atoms with Gasteiger partial charge in [0, 0.05) is 0 Å². The van der Waals surface area contributed by atoms with Crippen LogP contribution in [0, 0.1) is 0 Å². The van der Waals surface area contributed by atoms with Crippen LogP contribution in [0.5, 0.6) is 0 Å².